The van der Waals surface area contributed by atoms with Gasteiger partial charge in [-0.25, -0.2) is 0 Å². The highest BCUT2D eigenvalue weighted by Gasteiger charge is 2.58. The number of nitrogens with one attached hydrogen (secondary N) is 1. The smallest absolute Gasteiger partial charge is 0.0661 e. The molecule has 2 saturated carbocycles. The van der Waals surface area contributed by atoms with Gasteiger partial charge >= 0.3 is 0 Å². The molecular weight excluding hydrogens is 246 g/mol. The molecule has 110 valence electrons. The molecule has 2 nitrogen and oxygen atoms in total. The van der Waals surface area contributed by atoms with Crippen molar-refractivity contribution in [3.63, 3.8) is 0 Å². The largest absolute Gasteiger partial charge is 0.378 e. The number of benzene rings is 1. The molecule has 2 atom stereocenters. The minimum absolute atomic E-state index is 0.489. The van der Waals surface area contributed by atoms with Gasteiger partial charge in [-0.2, -0.15) is 0 Å². The van der Waals surface area contributed by atoms with Crippen molar-refractivity contribution in [2.24, 2.45) is 5.41 Å². The lowest BCUT2D eigenvalue weighted by Crippen LogP contribution is -2.67. The lowest BCUT2D eigenvalue weighted by molar-refractivity contribution is -0.172. The Bertz CT molecular complexity index is 452. The van der Waals surface area contributed by atoms with Crippen molar-refractivity contribution < 1.29 is 4.74 Å². The van der Waals surface area contributed by atoms with Gasteiger partial charge in [0.05, 0.1) is 6.10 Å². The fraction of sp³-hybridized carbons (Fsp3) is 0.667. The van der Waals surface area contributed by atoms with Crippen LogP contribution in [0.25, 0.3) is 0 Å². The van der Waals surface area contributed by atoms with Gasteiger partial charge < -0.3 is 10.1 Å². The number of hydrogen-bond donors (Lipinski definition) is 1. The standard InChI is InChI=1S/C18H27NO/c1-3-20-17-13-16(18(17)9-5-10-18)19-11-8-15-7-4-6-14(2)12-15/h4,6-7,12,16-17,19H,3,5,8-11,13H2,1-2H3. The summed E-state index contributed by atoms with van der Waals surface area (Å²) in [5.74, 6) is 0. The minimum atomic E-state index is 0.489. The van der Waals surface area contributed by atoms with Crippen LogP contribution >= 0.6 is 0 Å². The van der Waals surface area contributed by atoms with Gasteiger partial charge in [0.1, 0.15) is 0 Å². The highest BCUT2D eigenvalue weighted by Crippen LogP contribution is 2.57. The maximum Gasteiger partial charge on any atom is 0.0661 e. The van der Waals surface area contributed by atoms with E-state index in [9.17, 15) is 0 Å². The summed E-state index contributed by atoms with van der Waals surface area (Å²) >= 11 is 0. The summed E-state index contributed by atoms with van der Waals surface area (Å²) < 4.78 is 5.91. The summed E-state index contributed by atoms with van der Waals surface area (Å²) in [6.07, 6.45) is 6.98. The van der Waals surface area contributed by atoms with Gasteiger partial charge in [-0.1, -0.05) is 36.2 Å². The summed E-state index contributed by atoms with van der Waals surface area (Å²) in [5.41, 5.74) is 3.29. The monoisotopic (exact) mass is 273 g/mol. The Balaban J connectivity index is 1.48. The van der Waals surface area contributed by atoms with E-state index in [2.05, 4.69) is 43.4 Å². The van der Waals surface area contributed by atoms with Crippen molar-refractivity contribution in [2.75, 3.05) is 13.2 Å². The summed E-state index contributed by atoms with van der Waals surface area (Å²) in [7, 11) is 0. The van der Waals surface area contributed by atoms with Gasteiger partial charge in [0.25, 0.3) is 0 Å². The van der Waals surface area contributed by atoms with E-state index >= 15 is 0 Å². The normalized spacial score (nSPS) is 27.1. The van der Waals surface area contributed by atoms with Gasteiger partial charge in [-0.15, -0.1) is 0 Å². The lowest BCUT2D eigenvalue weighted by Gasteiger charge is -2.61. The Labute approximate surface area is 122 Å². The first kappa shape index (κ1) is 14.1. The van der Waals surface area contributed by atoms with E-state index in [1.165, 1.54) is 36.8 Å². The Morgan fingerprint density at radius 3 is 2.85 bits per heavy atom. The third kappa shape index (κ3) is 2.51. The maximum absolute atomic E-state index is 5.91. The van der Waals surface area contributed by atoms with Crippen LogP contribution in [0.2, 0.25) is 0 Å². The van der Waals surface area contributed by atoms with E-state index < -0.39 is 0 Å². The Kier molecular flexibility index (Phi) is 4.13. The van der Waals surface area contributed by atoms with Crippen molar-refractivity contribution in [1.82, 2.24) is 5.32 Å². The molecule has 2 aliphatic carbocycles. The van der Waals surface area contributed by atoms with Crippen LogP contribution in [0.5, 0.6) is 0 Å². The quantitative estimate of drug-likeness (QED) is 0.857. The van der Waals surface area contributed by atoms with Gasteiger partial charge in [0, 0.05) is 18.1 Å². The van der Waals surface area contributed by atoms with Crippen molar-refractivity contribution in [1.29, 1.82) is 0 Å². The number of aryl methyl sites for hydroxylation is 1. The summed E-state index contributed by atoms with van der Waals surface area (Å²) in [6.45, 7) is 6.24. The average molecular weight is 273 g/mol. The van der Waals surface area contributed by atoms with Crippen molar-refractivity contribution in [3.05, 3.63) is 35.4 Å². The second kappa shape index (κ2) is 5.87. The molecule has 0 saturated heterocycles. The van der Waals surface area contributed by atoms with Crippen LogP contribution in [0.4, 0.5) is 0 Å². The zero-order chi connectivity index (χ0) is 14.0. The number of ether oxygens (including phenoxy) is 1. The summed E-state index contributed by atoms with van der Waals surface area (Å²) in [4.78, 5) is 0. The molecule has 0 heterocycles. The number of rotatable bonds is 6. The van der Waals surface area contributed by atoms with Crippen LogP contribution in [0, 0.1) is 12.3 Å². The van der Waals surface area contributed by atoms with Crippen molar-refractivity contribution >= 4 is 0 Å². The first-order valence-corrected chi connectivity index (χ1v) is 8.15. The molecule has 2 fully saturated rings. The zero-order valence-corrected chi connectivity index (χ0v) is 12.8. The summed E-state index contributed by atoms with van der Waals surface area (Å²) in [5, 5.41) is 3.79. The van der Waals surface area contributed by atoms with Crippen LogP contribution < -0.4 is 5.32 Å². The van der Waals surface area contributed by atoms with Gasteiger partial charge in [-0.3, -0.25) is 0 Å². The average Bonchev–Trinajstić information content (AvgIpc) is 2.35. The van der Waals surface area contributed by atoms with Crippen LogP contribution in [0.1, 0.15) is 43.7 Å². The van der Waals surface area contributed by atoms with Crippen LogP contribution in [-0.4, -0.2) is 25.3 Å². The Morgan fingerprint density at radius 2 is 2.20 bits per heavy atom. The molecule has 0 amide bonds. The van der Waals surface area contributed by atoms with Crippen LogP contribution in [-0.2, 0) is 11.2 Å². The van der Waals surface area contributed by atoms with E-state index in [0.29, 0.717) is 17.6 Å². The highest BCUT2D eigenvalue weighted by molar-refractivity contribution is 5.22. The number of hydrogen-bond acceptors (Lipinski definition) is 2. The van der Waals surface area contributed by atoms with E-state index in [4.69, 9.17) is 4.74 Å². The molecule has 1 N–H and O–H groups in total. The molecule has 0 radical (unpaired) electrons. The molecule has 0 bridgehead atoms. The van der Waals surface area contributed by atoms with Crippen LogP contribution in [0.3, 0.4) is 0 Å². The predicted molar refractivity (Wildman–Crippen MR) is 83.0 cm³/mol. The van der Waals surface area contributed by atoms with E-state index in [1.807, 2.05) is 0 Å². The predicted octanol–water partition coefficient (Wildman–Crippen LogP) is 3.47. The lowest BCUT2D eigenvalue weighted by atomic mass is 9.51. The summed E-state index contributed by atoms with van der Waals surface area (Å²) in [6, 6.07) is 9.55. The molecule has 20 heavy (non-hydrogen) atoms. The van der Waals surface area contributed by atoms with E-state index in [-0.39, 0.29) is 0 Å². The van der Waals surface area contributed by atoms with Crippen LogP contribution in [0.15, 0.2) is 24.3 Å². The molecule has 1 spiro atoms. The molecule has 1 aromatic carbocycles. The first-order valence-electron chi connectivity index (χ1n) is 8.15. The zero-order valence-electron chi connectivity index (χ0n) is 12.8. The molecule has 2 heteroatoms. The Hall–Kier alpha value is -0.860. The highest BCUT2D eigenvalue weighted by atomic mass is 16.5. The maximum atomic E-state index is 5.91. The van der Waals surface area contributed by atoms with E-state index in [0.717, 1.165) is 19.6 Å². The third-order valence-electron chi connectivity index (χ3n) is 5.32. The molecule has 0 aliphatic heterocycles. The van der Waals surface area contributed by atoms with E-state index in [1.54, 1.807) is 0 Å². The fourth-order valence-corrected chi connectivity index (χ4v) is 3.98. The Morgan fingerprint density at radius 1 is 1.35 bits per heavy atom. The molecule has 0 aromatic heterocycles. The van der Waals surface area contributed by atoms with Gasteiger partial charge in [-0.05, 0) is 51.6 Å². The van der Waals surface area contributed by atoms with Crippen molar-refractivity contribution in [2.45, 2.75) is 58.1 Å². The fourth-order valence-electron chi connectivity index (χ4n) is 3.98. The first-order chi connectivity index (χ1) is 9.74. The molecule has 3 rings (SSSR count). The second-order valence-electron chi connectivity index (χ2n) is 6.51. The minimum Gasteiger partial charge on any atom is -0.378 e. The SMILES string of the molecule is CCOC1CC(NCCc2cccc(C)c2)C12CCC2. The molecule has 1 aromatic rings. The van der Waals surface area contributed by atoms with Gasteiger partial charge in [0.2, 0.25) is 0 Å². The van der Waals surface area contributed by atoms with Crippen molar-refractivity contribution in [3.8, 4) is 0 Å². The molecular formula is C18H27NO. The third-order valence-corrected chi connectivity index (χ3v) is 5.32. The second-order valence-corrected chi connectivity index (χ2v) is 6.51. The topological polar surface area (TPSA) is 21.3 Å². The van der Waals surface area contributed by atoms with Gasteiger partial charge in [0.15, 0.2) is 0 Å². The molecule has 2 unspecified atom stereocenters. The molecule has 2 aliphatic rings.